The topological polar surface area (TPSA) is 48.4 Å². The van der Waals surface area contributed by atoms with Gasteiger partial charge in [0.1, 0.15) is 0 Å². The molecule has 21 heavy (non-hydrogen) atoms. The number of benzene rings is 2. The Bertz CT molecular complexity index is 853. The fourth-order valence-corrected chi connectivity index (χ4v) is 2.60. The van der Waals surface area contributed by atoms with Gasteiger partial charge in [-0.05, 0) is 48.9 Å². The number of hydrogen-bond acceptors (Lipinski definition) is 2. The van der Waals surface area contributed by atoms with E-state index in [4.69, 9.17) is 23.2 Å². The largest absolute Gasteiger partial charge is 0.494 e. The zero-order chi connectivity index (χ0) is 15.0. The van der Waals surface area contributed by atoms with Crippen molar-refractivity contribution in [3.8, 4) is 5.88 Å². The molecule has 3 nitrogen and oxygen atoms in total. The van der Waals surface area contributed by atoms with E-state index in [9.17, 15) is 5.11 Å². The van der Waals surface area contributed by atoms with E-state index < -0.39 is 0 Å². The van der Waals surface area contributed by atoms with Gasteiger partial charge < -0.3 is 10.1 Å². The van der Waals surface area contributed by atoms with E-state index in [2.05, 4.69) is 9.98 Å². The van der Waals surface area contributed by atoms with Gasteiger partial charge in [-0.3, -0.25) is 4.99 Å². The van der Waals surface area contributed by atoms with Crippen LogP contribution in [0.1, 0.15) is 11.1 Å². The van der Waals surface area contributed by atoms with Crippen molar-refractivity contribution < 1.29 is 5.11 Å². The first-order valence-electron chi connectivity index (χ1n) is 6.35. The van der Waals surface area contributed by atoms with Crippen LogP contribution in [0.25, 0.3) is 10.9 Å². The number of aryl methyl sites for hydroxylation is 1. The predicted octanol–water partition coefficient (Wildman–Crippen LogP) is 5.24. The van der Waals surface area contributed by atoms with Crippen molar-refractivity contribution in [2.45, 2.75) is 6.92 Å². The quantitative estimate of drug-likeness (QED) is 0.624. The molecule has 0 spiro atoms. The smallest absolute Gasteiger partial charge is 0.198 e. The Balaban J connectivity index is 2.06. The van der Waals surface area contributed by atoms with Gasteiger partial charge in [-0.2, -0.15) is 0 Å². The van der Waals surface area contributed by atoms with Gasteiger partial charge in [0.05, 0.1) is 11.3 Å². The SMILES string of the molecule is Cc1cc(Cl)ccc1N=Cc1c(O)[nH]c2ccc(Cl)cc12. The van der Waals surface area contributed by atoms with Gasteiger partial charge in [-0.15, -0.1) is 0 Å². The molecule has 1 aromatic heterocycles. The fraction of sp³-hybridized carbons (Fsp3) is 0.0625. The second-order valence-corrected chi connectivity index (χ2v) is 5.64. The van der Waals surface area contributed by atoms with Crippen LogP contribution < -0.4 is 0 Å². The van der Waals surface area contributed by atoms with Crippen molar-refractivity contribution in [2.75, 3.05) is 0 Å². The molecule has 1 heterocycles. The third-order valence-corrected chi connectivity index (χ3v) is 3.74. The molecule has 0 atom stereocenters. The molecule has 3 aromatic rings. The van der Waals surface area contributed by atoms with Crippen LogP contribution >= 0.6 is 23.2 Å². The van der Waals surface area contributed by atoms with Crippen LogP contribution in [0.2, 0.25) is 10.0 Å². The minimum Gasteiger partial charge on any atom is -0.494 e. The van der Waals surface area contributed by atoms with Gasteiger partial charge in [0.2, 0.25) is 0 Å². The molecule has 3 rings (SSSR count). The third kappa shape index (κ3) is 2.75. The second kappa shape index (κ2) is 5.43. The second-order valence-electron chi connectivity index (χ2n) is 4.77. The molecule has 0 radical (unpaired) electrons. The van der Waals surface area contributed by atoms with Gasteiger partial charge in [0.15, 0.2) is 5.88 Å². The summed E-state index contributed by atoms with van der Waals surface area (Å²) < 4.78 is 0. The number of aromatic nitrogens is 1. The lowest BCUT2D eigenvalue weighted by Crippen LogP contribution is -1.81. The Labute approximate surface area is 131 Å². The summed E-state index contributed by atoms with van der Waals surface area (Å²) in [5, 5.41) is 12.1. The van der Waals surface area contributed by atoms with Gasteiger partial charge in [0.25, 0.3) is 0 Å². The maximum absolute atomic E-state index is 10.0. The molecular weight excluding hydrogens is 307 g/mol. The molecule has 0 aliphatic rings. The third-order valence-electron chi connectivity index (χ3n) is 3.27. The Morgan fingerprint density at radius 1 is 1.10 bits per heavy atom. The van der Waals surface area contributed by atoms with Gasteiger partial charge in [-0.1, -0.05) is 23.2 Å². The van der Waals surface area contributed by atoms with E-state index in [0.29, 0.717) is 15.6 Å². The molecule has 0 bridgehead atoms. The highest BCUT2D eigenvalue weighted by Gasteiger charge is 2.09. The van der Waals surface area contributed by atoms with Crippen LogP contribution in [0.4, 0.5) is 5.69 Å². The maximum Gasteiger partial charge on any atom is 0.198 e. The number of nitrogens with zero attached hydrogens (tertiary/aromatic N) is 1. The Morgan fingerprint density at radius 2 is 1.81 bits per heavy atom. The zero-order valence-electron chi connectivity index (χ0n) is 11.2. The van der Waals surface area contributed by atoms with Crippen molar-refractivity contribution in [3.63, 3.8) is 0 Å². The van der Waals surface area contributed by atoms with E-state index in [1.165, 1.54) is 0 Å². The Kier molecular flexibility index (Phi) is 3.62. The van der Waals surface area contributed by atoms with E-state index in [1.807, 2.05) is 25.1 Å². The van der Waals surface area contributed by atoms with Gasteiger partial charge in [0, 0.05) is 27.2 Å². The average molecular weight is 319 g/mol. The number of rotatable bonds is 2. The highest BCUT2D eigenvalue weighted by atomic mass is 35.5. The molecule has 2 aromatic carbocycles. The predicted molar refractivity (Wildman–Crippen MR) is 88.4 cm³/mol. The highest BCUT2D eigenvalue weighted by molar-refractivity contribution is 6.31. The number of aromatic amines is 1. The molecular formula is C16H12Cl2N2O. The molecule has 0 unspecified atom stereocenters. The van der Waals surface area contributed by atoms with Crippen LogP contribution in [0.5, 0.6) is 5.88 Å². The van der Waals surface area contributed by atoms with E-state index in [-0.39, 0.29) is 5.88 Å². The molecule has 0 saturated carbocycles. The van der Waals surface area contributed by atoms with Crippen molar-refractivity contribution >= 4 is 46.0 Å². The average Bonchev–Trinajstić information content (AvgIpc) is 2.73. The summed E-state index contributed by atoms with van der Waals surface area (Å²) in [4.78, 5) is 7.32. The lowest BCUT2D eigenvalue weighted by Gasteiger charge is -2.00. The van der Waals surface area contributed by atoms with E-state index in [1.54, 1.807) is 24.4 Å². The first kappa shape index (κ1) is 14.0. The number of nitrogens with one attached hydrogen (secondary N) is 1. The lowest BCUT2D eigenvalue weighted by atomic mass is 10.1. The molecule has 0 fully saturated rings. The summed E-state index contributed by atoms with van der Waals surface area (Å²) in [6.07, 6.45) is 1.63. The lowest BCUT2D eigenvalue weighted by molar-refractivity contribution is 0.457. The minimum atomic E-state index is 0.0719. The number of aliphatic imine (C=N–C) groups is 1. The first-order valence-corrected chi connectivity index (χ1v) is 7.10. The van der Waals surface area contributed by atoms with Crippen LogP contribution in [0.15, 0.2) is 41.4 Å². The van der Waals surface area contributed by atoms with E-state index in [0.717, 1.165) is 22.2 Å². The number of halogens is 2. The van der Waals surface area contributed by atoms with E-state index >= 15 is 0 Å². The molecule has 106 valence electrons. The number of aromatic hydroxyl groups is 1. The van der Waals surface area contributed by atoms with Gasteiger partial charge in [-0.25, -0.2) is 0 Å². The summed E-state index contributed by atoms with van der Waals surface area (Å²) in [5.41, 5.74) is 3.19. The van der Waals surface area contributed by atoms with Crippen LogP contribution in [-0.2, 0) is 0 Å². The molecule has 0 aliphatic carbocycles. The monoisotopic (exact) mass is 318 g/mol. The van der Waals surface area contributed by atoms with Crippen LogP contribution in [-0.4, -0.2) is 16.3 Å². The van der Waals surface area contributed by atoms with Crippen molar-refractivity contribution in [1.29, 1.82) is 0 Å². The Hall–Kier alpha value is -1.97. The normalized spacial score (nSPS) is 11.6. The van der Waals surface area contributed by atoms with Crippen LogP contribution in [0, 0.1) is 6.92 Å². The highest BCUT2D eigenvalue weighted by Crippen LogP contribution is 2.29. The van der Waals surface area contributed by atoms with Crippen molar-refractivity contribution in [3.05, 3.63) is 57.6 Å². The minimum absolute atomic E-state index is 0.0719. The van der Waals surface area contributed by atoms with Crippen molar-refractivity contribution in [2.24, 2.45) is 4.99 Å². The summed E-state index contributed by atoms with van der Waals surface area (Å²) in [7, 11) is 0. The number of hydrogen-bond donors (Lipinski definition) is 2. The molecule has 0 aliphatic heterocycles. The molecule has 0 saturated heterocycles. The Morgan fingerprint density at radius 3 is 2.57 bits per heavy atom. The standard InChI is InChI=1S/C16H12Cl2N2O/c1-9-6-10(17)2-4-14(9)19-8-13-12-7-11(18)3-5-15(12)20-16(13)21/h2-8,20-21H,1H3. The van der Waals surface area contributed by atoms with Crippen molar-refractivity contribution in [1.82, 2.24) is 4.98 Å². The molecule has 0 amide bonds. The van der Waals surface area contributed by atoms with Gasteiger partial charge >= 0.3 is 0 Å². The summed E-state index contributed by atoms with van der Waals surface area (Å²) >= 11 is 11.9. The zero-order valence-corrected chi connectivity index (χ0v) is 12.7. The first-order chi connectivity index (χ1) is 10.0. The summed E-state index contributed by atoms with van der Waals surface area (Å²) in [5.74, 6) is 0.0719. The fourth-order valence-electron chi connectivity index (χ4n) is 2.20. The number of fused-ring (bicyclic) bond motifs is 1. The molecule has 2 N–H and O–H groups in total. The van der Waals surface area contributed by atoms with Crippen LogP contribution in [0.3, 0.4) is 0 Å². The summed E-state index contributed by atoms with van der Waals surface area (Å²) in [6, 6.07) is 10.9. The maximum atomic E-state index is 10.0. The molecule has 5 heteroatoms. The summed E-state index contributed by atoms with van der Waals surface area (Å²) in [6.45, 7) is 1.94. The number of H-pyrrole nitrogens is 1.